The predicted octanol–water partition coefficient (Wildman–Crippen LogP) is 7.24. The summed E-state index contributed by atoms with van der Waals surface area (Å²) < 4.78 is 0.978. The number of aryl methyl sites for hydroxylation is 1. The molecular weight excluding hydrogens is 455 g/mol. The first kappa shape index (κ1) is 21.2. The molecule has 0 aliphatic rings. The fourth-order valence-electron chi connectivity index (χ4n) is 3.04. The number of halogens is 2. The second-order valence-electron chi connectivity index (χ2n) is 6.77. The second-order valence-corrected chi connectivity index (χ2v) is 9.70. The van der Waals surface area contributed by atoms with E-state index in [-0.39, 0.29) is 5.91 Å². The summed E-state index contributed by atoms with van der Waals surface area (Å²) in [5.74, 6) is 0.311. The molecule has 0 N–H and O–H groups in total. The molecule has 1 aromatic heterocycles. The maximum Gasteiger partial charge on any atom is 0.239 e. The van der Waals surface area contributed by atoms with E-state index in [1.54, 1.807) is 4.90 Å². The van der Waals surface area contributed by atoms with Gasteiger partial charge in [0, 0.05) is 14.9 Å². The molecule has 4 rings (SSSR count). The Morgan fingerprint density at radius 3 is 2.50 bits per heavy atom. The van der Waals surface area contributed by atoms with Crippen LogP contribution in [0.25, 0.3) is 10.2 Å². The minimum absolute atomic E-state index is 0.00149. The molecule has 3 aromatic carbocycles. The van der Waals surface area contributed by atoms with Gasteiger partial charge in [0.25, 0.3) is 0 Å². The number of thiazole rings is 1. The number of rotatable bonds is 6. The molecule has 1 amide bonds. The summed E-state index contributed by atoms with van der Waals surface area (Å²) in [6.07, 6.45) is 0. The number of aromatic nitrogens is 1. The second kappa shape index (κ2) is 9.40. The Hall–Kier alpha value is -2.05. The lowest BCUT2D eigenvalue weighted by Gasteiger charge is -2.20. The van der Waals surface area contributed by atoms with Gasteiger partial charge in [0.2, 0.25) is 5.91 Å². The largest absolute Gasteiger partial charge is 0.283 e. The molecule has 0 saturated heterocycles. The molecule has 0 atom stereocenters. The summed E-state index contributed by atoms with van der Waals surface area (Å²) in [5.41, 5.74) is 2.94. The fourth-order valence-corrected chi connectivity index (χ4v) is 5.38. The predicted molar refractivity (Wildman–Crippen MR) is 129 cm³/mol. The molecule has 30 heavy (non-hydrogen) atoms. The fraction of sp³-hybridized carbons (Fsp3) is 0.130. The van der Waals surface area contributed by atoms with Crippen LogP contribution in [0, 0.1) is 6.92 Å². The smallest absolute Gasteiger partial charge is 0.239 e. The highest BCUT2D eigenvalue weighted by Gasteiger charge is 2.21. The monoisotopic (exact) mass is 472 g/mol. The number of amides is 1. The third-order valence-electron chi connectivity index (χ3n) is 4.53. The summed E-state index contributed by atoms with van der Waals surface area (Å²) in [6, 6.07) is 21.2. The Kier molecular flexibility index (Phi) is 6.64. The third kappa shape index (κ3) is 4.98. The number of hydrogen-bond donors (Lipinski definition) is 0. The van der Waals surface area contributed by atoms with E-state index >= 15 is 0 Å². The van der Waals surface area contributed by atoms with Crippen LogP contribution in [0.4, 0.5) is 5.13 Å². The van der Waals surface area contributed by atoms with Crippen molar-refractivity contribution in [2.24, 2.45) is 0 Å². The van der Waals surface area contributed by atoms with Gasteiger partial charge >= 0.3 is 0 Å². The molecule has 0 unspecified atom stereocenters. The first-order valence-corrected chi connectivity index (χ1v) is 11.8. The van der Waals surface area contributed by atoms with Crippen LogP contribution in [0.15, 0.2) is 71.6 Å². The van der Waals surface area contributed by atoms with Gasteiger partial charge in [-0.3, -0.25) is 9.69 Å². The molecular formula is C23H18Cl2N2OS2. The van der Waals surface area contributed by atoms with E-state index in [1.807, 2.05) is 73.7 Å². The van der Waals surface area contributed by atoms with Crippen molar-refractivity contribution in [2.75, 3.05) is 10.7 Å². The zero-order chi connectivity index (χ0) is 21.1. The van der Waals surface area contributed by atoms with Crippen LogP contribution >= 0.6 is 46.3 Å². The van der Waals surface area contributed by atoms with Crippen LogP contribution in [0.5, 0.6) is 0 Å². The Morgan fingerprint density at radius 1 is 1.03 bits per heavy atom. The molecule has 7 heteroatoms. The van der Waals surface area contributed by atoms with Gasteiger partial charge in [0.15, 0.2) is 5.13 Å². The van der Waals surface area contributed by atoms with Crippen molar-refractivity contribution in [3.8, 4) is 0 Å². The Morgan fingerprint density at radius 2 is 1.77 bits per heavy atom. The highest BCUT2D eigenvalue weighted by molar-refractivity contribution is 8.00. The average Bonchev–Trinajstić information content (AvgIpc) is 3.16. The molecule has 0 radical (unpaired) electrons. The number of hydrogen-bond acceptors (Lipinski definition) is 4. The molecule has 0 aliphatic carbocycles. The zero-order valence-corrected chi connectivity index (χ0v) is 19.3. The van der Waals surface area contributed by atoms with Crippen molar-refractivity contribution in [3.05, 3.63) is 87.9 Å². The maximum atomic E-state index is 13.2. The maximum absolute atomic E-state index is 13.2. The lowest BCUT2D eigenvalue weighted by molar-refractivity contribution is -0.116. The topological polar surface area (TPSA) is 33.2 Å². The number of nitrogens with zero attached hydrogens (tertiary/aromatic N) is 2. The van der Waals surface area contributed by atoms with E-state index in [0.717, 1.165) is 26.2 Å². The Balaban J connectivity index is 1.63. The number of benzene rings is 3. The molecule has 152 valence electrons. The van der Waals surface area contributed by atoms with E-state index in [2.05, 4.69) is 0 Å². The Bertz CT molecular complexity index is 1180. The SMILES string of the molecule is Cc1cc(Cl)cc2sc(N(Cc3ccccc3)C(=O)CSc3ccc(Cl)cc3)nc12. The molecule has 0 aliphatic heterocycles. The van der Waals surface area contributed by atoms with Gasteiger partial charge in [-0.15, -0.1) is 11.8 Å². The van der Waals surface area contributed by atoms with Crippen LogP contribution in [0.3, 0.4) is 0 Å². The van der Waals surface area contributed by atoms with E-state index in [1.165, 1.54) is 23.1 Å². The number of anilines is 1. The number of fused-ring (bicyclic) bond motifs is 1. The van der Waals surface area contributed by atoms with Crippen molar-refractivity contribution >= 4 is 67.6 Å². The first-order valence-electron chi connectivity index (χ1n) is 9.29. The van der Waals surface area contributed by atoms with E-state index in [9.17, 15) is 4.79 Å². The minimum atomic E-state index is 0.00149. The summed E-state index contributed by atoms with van der Waals surface area (Å²) in [5, 5.41) is 2.04. The molecule has 3 nitrogen and oxygen atoms in total. The van der Waals surface area contributed by atoms with Crippen molar-refractivity contribution < 1.29 is 4.79 Å². The van der Waals surface area contributed by atoms with Crippen LogP contribution in [-0.4, -0.2) is 16.6 Å². The van der Waals surface area contributed by atoms with Crippen molar-refractivity contribution in [1.82, 2.24) is 4.98 Å². The minimum Gasteiger partial charge on any atom is -0.283 e. The van der Waals surface area contributed by atoms with Gasteiger partial charge in [0.05, 0.1) is 22.5 Å². The standard InChI is InChI=1S/C23H18Cl2N2OS2/c1-15-11-18(25)12-20-22(15)26-23(30-20)27(13-16-5-3-2-4-6-16)21(28)14-29-19-9-7-17(24)8-10-19/h2-12H,13-14H2,1H3. The van der Waals surface area contributed by atoms with Crippen molar-refractivity contribution in [3.63, 3.8) is 0 Å². The van der Waals surface area contributed by atoms with Gasteiger partial charge in [-0.1, -0.05) is 64.9 Å². The normalized spacial score (nSPS) is 11.0. The molecule has 0 saturated carbocycles. The highest BCUT2D eigenvalue weighted by atomic mass is 35.5. The number of carbonyl (C=O) groups is 1. The van der Waals surface area contributed by atoms with Crippen LogP contribution < -0.4 is 4.90 Å². The molecule has 0 spiro atoms. The highest BCUT2D eigenvalue weighted by Crippen LogP contribution is 2.34. The van der Waals surface area contributed by atoms with Crippen LogP contribution in [0.1, 0.15) is 11.1 Å². The summed E-state index contributed by atoms with van der Waals surface area (Å²) in [6.45, 7) is 2.45. The lowest BCUT2D eigenvalue weighted by atomic mass is 10.2. The van der Waals surface area contributed by atoms with Gasteiger partial charge < -0.3 is 0 Å². The van der Waals surface area contributed by atoms with E-state index in [4.69, 9.17) is 28.2 Å². The molecule has 0 fully saturated rings. The Labute approximate surface area is 193 Å². The van der Waals surface area contributed by atoms with Crippen molar-refractivity contribution in [1.29, 1.82) is 0 Å². The average molecular weight is 473 g/mol. The number of carbonyl (C=O) groups excluding carboxylic acids is 1. The van der Waals surface area contributed by atoms with Crippen LogP contribution in [0.2, 0.25) is 10.0 Å². The molecule has 1 heterocycles. The van der Waals surface area contributed by atoms with Gasteiger partial charge in [0.1, 0.15) is 0 Å². The lowest BCUT2D eigenvalue weighted by Crippen LogP contribution is -2.31. The van der Waals surface area contributed by atoms with Gasteiger partial charge in [-0.25, -0.2) is 4.98 Å². The summed E-state index contributed by atoms with van der Waals surface area (Å²) in [7, 11) is 0. The quantitative estimate of drug-likeness (QED) is 0.277. The van der Waals surface area contributed by atoms with Gasteiger partial charge in [-0.05, 0) is 54.4 Å². The zero-order valence-electron chi connectivity index (χ0n) is 16.1. The van der Waals surface area contributed by atoms with Crippen LogP contribution in [-0.2, 0) is 11.3 Å². The molecule has 4 aromatic rings. The summed E-state index contributed by atoms with van der Waals surface area (Å²) >= 11 is 15.2. The third-order valence-corrected chi connectivity index (χ3v) is 7.02. The van der Waals surface area contributed by atoms with Gasteiger partial charge in [-0.2, -0.15) is 0 Å². The van der Waals surface area contributed by atoms with E-state index < -0.39 is 0 Å². The molecule has 0 bridgehead atoms. The first-order chi connectivity index (χ1) is 14.5. The van der Waals surface area contributed by atoms with Crippen molar-refractivity contribution in [2.45, 2.75) is 18.4 Å². The van der Waals surface area contributed by atoms with E-state index in [0.29, 0.717) is 27.5 Å². The summed E-state index contributed by atoms with van der Waals surface area (Å²) in [4.78, 5) is 20.8. The number of thioether (sulfide) groups is 1.